The number of aromatic nitrogens is 4. The first kappa shape index (κ1) is 12.4. The zero-order valence-corrected chi connectivity index (χ0v) is 11.5. The Morgan fingerprint density at radius 1 is 1.20 bits per heavy atom. The van der Waals surface area contributed by atoms with Gasteiger partial charge in [0.1, 0.15) is 23.8 Å². The summed E-state index contributed by atoms with van der Waals surface area (Å²) in [5.74, 6) is 2.53. The highest BCUT2D eigenvalue weighted by Gasteiger charge is 2.03. The van der Waals surface area contributed by atoms with Crippen molar-refractivity contribution in [2.24, 2.45) is 0 Å². The first-order valence-electron chi connectivity index (χ1n) is 6.39. The molecule has 0 aliphatic carbocycles. The SMILES string of the molecule is CN(C)c1cc(NCc2nc3ccccc3[nH]2)ncn1. The molecule has 0 bridgehead atoms. The monoisotopic (exact) mass is 268 g/mol. The molecule has 0 saturated heterocycles. The molecule has 6 heteroatoms. The van der Waals surface area contributed by atoms with E-state index in [9.17, 15) is 0 Å². The van der Waals surface area contributed by atoms with Crippen molar-refractivity contribution in [1.29, 1.82) is 0 Å². The van der Waals surface area contributed by atoms with Crippen LogP contribution in [0.15, 0.2) is 36.7 Å². The summed E-state index contributed by atoms with van der Waals surface area (Å²) in [4.78, 5) is 18.1. The molecule has 20 heavy (non-hydrogen) atoms. The average molecular weight is 268 g/mol. The second-order valence-electron chi connectivity index (χ2n) is 4.71. The molecule has 102 valence electrons. The van der Waals surface area contributed by atoms with Crippen LogP contribution >= 0.6 is 0 Å². The summed E-state index contributed by atoms with van der Waals surface area (Å²) in [6.07, 6.45) is 1.55. The Kier molecular flexibility index (Phi) is 3.20. The van der Waals surface area contributed by atoms with Crippen LogP contribution in [-0.2, 0) is 6.54 Å². The fourth-order valence-corrected chi connectivity index (χ4v) is 1.95. The number of para-hydroxylation sites is 2. The first-order chi connectivity index (χ1) is 9.72. The van der Waals surface area contributed by atoms with E-state index in [2.05, 4.69) is 25.3 Å². The van der Waals surface area contributed by atoms with Crippen LogP contribution in [0.25, 0.3) is 11.0 Å². The maximum atomic E-state index is 4.51. The van der Waals surface area contributed by atoms with Crippen LogP contribution in [0.1, 0.15) is 5.82 Å². The van der Waals surface area contributed by atoms with Crippen LogP contribution in [0.5, 0.6) is 0 Å². The molecule has 1 aromatic carbocycles. The average Bonchev–Trinajstić information content (AvgIpc) is 2.88. The molecular formula is C14H16N6. The molecule has 2 N–H and O–H groups in total. The van der Waals surface area contributed by atoms with E-state index in [0.717, 1.165) is 28.5 Å². The van der Waals surface area contributed by atoms with Crippen molar-refractivity contribution >= 4 is 22.7 Å². The lowest BCUT2D eigenvalue weighted by atomic mass is 10.3. The van der Waals surface area contributed by atoms with Crippen LogP contribution in [0, 0.1) is 0 Å². The maximum absolute atomic E-state index is 4.51. The first-order valence-corrected chi connectivity index (χ1v) is 6.39. The Morgan fingerprint density at radius 2 is 2.05 bits per heavy atom. The number of anilines is 2. The van der Waals surface area contributed by atoms with E-state index in [4.69, 9.17) is 0 Å². The Bertz CT molecular complexity index is 685. The second kappa shape index (κ2) is 5.16. The quantitative estimate of drug-likeness (QED) is 0.757. The van der Waals surface area contributed by atoms with Crippen molar-refractivity contribution in [2.75, 3.05) is 24.3 Å². The predicted molar refractivity (Wildman–Crippen MR) is 79.8 cm³/mol. The summed E-state index contributed by atoms with van der Waals surface area (Å²) in [7, 11) is 3.90. The number of H-pyrrole nitrogens is 1. The van der Waals surface area contributed by atoms with Gasteiger partial charge in [0.05, 0.1) is 17.6 Å². The molecule has 0 amide bonds. The molecule has 0 aliphatic rings. The highest BCUT2D eigenvalue weighted by Crippen LogP contribution is 2.13. The lowest BCUT2D eigenvalue weighted by molar-refractivity contribution is 0.980. The van der Waals surface area contributed by atoms with Crippen molar-refractivity contribution in [3.05, 3.63) is 42.5 Å². The van der Waals surface area contributed by atoms with Crippen molar-refractivity contribution in [2.45, 2.75) is 6.54 Å². The highest BCUT2D eigenvalue weighted by atomic mass is 15.2. The van der Waals surface area contributed by atoms with Crippen LogP contribution in [0.3, 0.4) is 0 Å². The van der Waals surface area contributed by atoms with E-state index in [0.29, 0.717) is 6.54 Å². The molecule has 0 spiro atoms. The molecule has 0 fully saturated rings. The van der Waals surface area contributed by atoms with Gasteiger partial charge in [-0.3, -0.25) is 0 Å². The van der Waals surface area contributed by atoms with Gasteiger partial charge in [-0.2, -0.15) is 0 Å². The fourth-order valence-electron chi connectivity index (χ4n) is 1.95. The van der Waals surface area contributed by atoms with Gasteiger partial charge in [0.2, 0.25) is 0 Å². The number of rotatable bonds is 4. The van der Waals surface area contributed by atoms with E-state index < -0.39 is 0 Å². The van der Waals surface area contributed by atoms with Gasteiger partial charge >= 0.3 is 0 Å². The van der Waals surface area contributed by atoms with Crippen LogP contribution < -0.4 is 10.2 Å². The number of nitrogens with zero attached hydrogens (tertiary/aromatic N) is 4. The molecule has 2 heterocycles. The minimum atomic E-state index is 0.596. The van der Waals surface area contributed by atoms with E-state index in [1.807, 2.05) is 49.3 Å². The molecule has 0 unspecified atom stereocenters. The molecular weight excluding hydrogens is 252 g/mol. The van der Waals surface area contributed by atoms with Crippen LogP contribution in [0.4, 0.5) is 11.6 Å². The van der Waals surface area contributed by atoms with Gasteiger partial charge in [-0.05, 0) is 12.1 Å². The number of hydrogen-bond donors (Lipinski definition) is 2. The summed E-state index contributed by atoms with van der Waals surface area (Å²) in [6.45, 7) is 0.596. The number of imidazole rings is 1. The summed E-state index contributed by atoms with van der Waals surface area (Å²) in [6, 6.07) is 9.88. The van der Waals surface area contributed by atoms with Gasteiger partial charge in [0.25, 0.3) is 0 Å². The Morgan fingerprint density at radius 3 is 2.85 bits per heavy atom. The highest BCUT2D eigenvalue weighted by molar-refractivity contribution is 5.74. The standard InChI is InChI=1S/C14H16N6/c1-20(2)14-7-12(16-9-17-14)15-8-13-18-10-5-3-4-6-11(10)19-13/h3-7,9H,8H2,1-2H3,(H,18,19)(H,15,16,17). The molecule has 0 saturated carbocycles. The molecule has 3 aromatic rings. The largest absolute Gasteiger partial charge is 0.363 e. The molecule has 3 rings (SSSR count). The van der Waals surface area contributed by atoms with Gasteiger partial charge in [-0.25, -0.2) is 15.0 Å². The number of benzene rings is 1. The van der Waals surface area contributed by atoms with Crippen LogP contribution in [-0.4, -0.2) is 34.0 Å². The Balaban J connectivity index is 1.74. The van der Waals surface area contributed by atoms with Gasteiger partial charge in [-0.15, -0.1) is 0 Å². The third-order valence-electron chi connectivity index (χ3n) is 2.99. The number of fused-ring (bicyclic) bond motifs is 1. The van der Waals surface area contributed by atoms with E-state index in [1.54, 1.807) is 6.33 Å². The summed E-state index contributed by atoms with van der Waals surface area (Å²) in [5.41, 5.74) is 2.02. The molecule has 2 aromatic heterocycles. The van der Waals surface area contributed by atoms with E-state index in [-0.39, 0.29) is 0 Å². The lowest BCUT2D eigenvalue weighted by Crippen LogP contribution is -2.12. The van der Waals surface area contributed by atoms with Gasteiger partial charge in [0.15, 0.2) is 0 Å². The molecule has 6 nitrogen and oxygen atoms in total. The van der Waals surface area contributed by atoms with Crippen molar-refractivity contribution in [3.8, 4) is 0 Å². The number of hydrogen-bond acceptors (Lipinski definition) is 5. The van der Waals surface area contributed by atoms with E-state index >= 15 is 0 Å². The molecule has 0 radical (unpaired) electrons. The maximum Gasteiger partial charge on any atom is 0.133 e. The predicted octanol–water partition coefficient (Wildman–Crippen LogP) is 2.03. The minimum Gasteiger partial charge on any atom is -0.363 e. The molecule has 0 aliphatic heterocycles. The number of aromatic amines is 1. The van der Waals surface area contributed by atoms with Gasteiger partial charge < -0.3 is 15.2 Å². The lowest BCUT2D eigenvalue weighted by Gasteiger charge is -2.11. The smallest absolute Gasteiger partial charge is 0.133 e. The van der Waals surface area contributed by atoms with Crippen molar-refractivity contribution in [1.82, 2.24) is 19.9 Å². The Hall–Kier alpha value is -2.63. The Labute approximate surface area is 116 Å². The van der Waals surface area contributed by atoms with Gasteiger partial charge in [-0.1, -0.05) is 12.1 Å². The third kappa shape index (κ3) is 2.54. The summed E-state index contributed by atoms with van der Waals surface area (Å²) < 4.78 is 0. The summed E-state index contributed by atoms with van der Waals surface area (Å²) >= 11 is 0. The normalized spacial score (nSPS) is 10.7. The zero-order chi connectivity index (χ0) is 13.9. The van der Waals surface area contributed by atoms with Crippen molar-refractivity contribution < 1.29 is 0 Å². The second-order valence-corrected chi connectivity index (χ2v) is 4.71. The number of nitrogens with one attached hydrogen (secondary N) is 2. The zero-order valence-electron chi connectivity index (χ0n) is 11.5. The minimum absolute atomic E-state index is 0.596. The third-order valence-corrected chi connectivity index (χ3v) is 2.99. The molecule has 0 atom stereocenters. The summed E-state index contributed by atoms with van der Waals surface area (Å²) in [5, 5.41) is 3.25. The van der Waals surface area contributed by atoms with Gasteiger partial charge in [0, 0.05) is 20.2 Å². The fraction of sp³-hybridized carbons (Fsp3) is 0.214. The van der Waals surface area contributed by atoms with Crippen LogP contribution in [0.2, 0.25) is 0 Å². The van der Waals surface area contributed by atoms with E-state index in [1.165, 1.54) is 0 Å². The van der Waals surface area contributed by atoms with Crippen molar-refractivity contribution in [3.63, 3.8) is 0 Å². The topological polar surface area (TPSA) is 69.7 Å².